The average Bonchev–Trinajstić information content (AvgIpc) is 2.81. The molecule has 0 radical (unpaired) electrons. The number of rotatable bonds is 5. The van der Waals surface area contributed by atoms with E-state index in [2.05, 4.69) is 10.7 Å². The summed E-state index contributed by atoms with van der Waals surface area (Å²) in [5, 5.41) is 4.14. The number of fused-ring (bicyclic) bond motifs is 1. The van der Waals surface area contributed by atoms with Crippen molar-refractivity contribution in [2.45, 2.75) is 6.54 Å². The quantitative estimate of drug-likeness (QED) is 0.485. The fourth-order valence-corrected chi connectivity index (χ4v) is 3.64. The molecule has 2 heterocycles. The molecule has 1 aliphatic heterocycles. The number of carbonyl (C=O) groups excluding carboxylic acids is 1. The van der Waals surface area contributed by atoms with Gasteiger partial charge in [-0.15, -0.1) is 0 Å². The predicted octanol–water partition coefficient (Wildman–Crippen LogP) is 1.36. The van der Waals surface area contributed by atoms with Gasteiger partial charge in [0.2, 0.25) is 0 Å². The van der Waals surface area contributed by atoms with E-state index in [1.165, 1.54) is 41.0 Å². The van der Waals surface area contributed by atoms with Crippen LogP contribution in [0, 0.1) is 5.82 Å². The van der Waals surface area contributed by atoms with Gasteiger partial charge < -0.3 is 5.32 Å². The number of halogens is 2. The molecule has 0 bridgehead atoms. The Balaban J connectivity index is 1.65. The van der Waals surface area contributed by atoms with E-state index in [1.54, 1.807) is 30.6 Å². The molecule has 0 spiro atoms. The second-order valence-corrected chi connectivity index (χ2v) is 7.87. The summed E-state index contributed by atoms with van der Waals surface area (Å²) in [6.45, 7) is 0.153. The monoisotopic (exact) mass is 470 g/mol. The third kappa shape index (κ3) is 4.52. The summed E-state index contributed by atoms with van der Waals surface area (Å²) in [6, 6.07) is 8.55. The number of hydrogen-bond acceptors (Lipinski definition) is 6. The number of hydrogen-bond donors (Lipinski definition) is 3. The molecule has 1 aromatic heterocycles. The lowest BCUT2D eigenvalue weighted by Crippen LogP contribution is -2.39. The van der Waals surface area contributed by atoms with E-state index in [-0.39, 0.29) is 35.0 Å². The molecule has 0 saturated heterocycles. The molecule has 33 heavy (non-hydrogen) atoms. The van der Waals surface area contributed by atoms with Gasteiger partial charge in [-0.3, -0.25) is 24.1 Å². The summed E-state index contributed by atoms with van der Waals surface area (Å²) in [6.07, 6.45) is 5.00. The smallest absolute Gasteiger partial charge is 0.331 e. The molecular formula is C22H20ClFN6O3. The molecule has 4 N–H and O–H groups in total. The van der Waals surface area contributed by atoms with Crippen molar-refractivity contribution in [2.24, 2.45) is 12.9 Å². The molecule has 9 nitrogen and oxygen atoms in total. The van der Waals surface area contributed by atoms with Crippen molar-refractivity contribution in [3.05, 3.63) is 103 Å². The van der Waals surface area contributed by atoms with E-state index in [4.69, 9.17) is 17.4 Å². The first-order chi connectivity index (χ1) is 15.7. The van der Waals surface area contributed by atoms with E-state index in [0.29, 0.717) is 11.1 Å². The molecule has 3 aromatic rings. The molecule has 0 aliphatic carbocycles. The average molecular weight is 471 g/mol. The van der Waals surface area contributed by atoms with Gasteiger partial charge in [-0.2, -0.15) is 0 Å². The first kappa shape index (κ1) is 22.3. The Hall–Kier alpha value is -3.89. The van der Waals surface area contributed by atoms with E-state index in [1.807, 2.05) is 0 Å². The highest BCUT2D eigenvalue weighted by molar-refractivity contribution is 6.30. The maximum absolute atomic E-state index is 13.5. The molecule has 4 rings (SSSR count). The minimum Gasteiger partial charge on any atom is -0.348 e. The summed E-state index contributed by atoms with van der Waals surface area (Å²) in [7, 11) is 1.54. The van der Waals surface area contributed by atoms with Crippen LogP contribution in [0.2, 0.25) is 5.02 Å². The Kier molecular flexibility index (Phi) is 6.03. The van der Waals surface area contributed by atoms with Gasteiger partial charge in [0.1, 0.15) is 5.82 Å². The lowest BCUT2D eigenvalue weighted by atomic mass is 10.1. The molecule has 2 aromatic carbocycles. The molecule has 11 heteroatoms. The van der Waals surface area contributed by atoms with E-state index in [0.717, 1.165) is 10.1 Å². The Morgan fingerprint density at radius 3 is 2.70 bits per heavy atom. The summed E-state index contributed by atoms with van der Waals surface area (Å²) >= 11 is 5.82. The van der Waals surface area contributed by atoms with Crippen LogP contribution in [-0.2, 0) is 13.6 Å². The van der Waals surface area contributed by atoms with Gasteiger partial charge in [0.25, 0.3) is 11.5 Å². The third-order valence-corrected chi connectivity index (χ3v) is 5.53. The normalized spacial score (nSPS) is 13.1. The van der Waals surface area contributed by atoms with Crippen LogP contribution in [0.15, 0.2) is 70.0 Å². The largest absolute Gasteiger partial charge is 0.348 e. The van der Waals surface area contributed by atoms with Crippen molar-refractivity contribution in [2.75, 3.05) is 6.54 Å². The molecular weight excluding hydrogens is 451 g/mol. The number of carbonyl (C=O) groups is 1. The Labute approximate surface area is 192 Å². The Bertz CT molecular complexity index is 1440. The number of nitrogens with zero attached hydrogens (tertiary/aromatic N) is 3. The van der Waals surface area contributed by atoms with Gasteiger partial charge in [0.05, 0.1) is 22.5 Å². The third-order valence-electron chi connectivity index (χ3n) is 5.24. The molecule has 170 valence electrons. The predicted molar refractivity (Wildman–Crippen MR) is 123 cm³/mol. The van der Waals surface area contributed by atoms with Crippen molar-refractivity contribution in [3.63, 3.8) is 0 Å². The van der Waals surface area contributed by atoms with Crippen molar-refractivity contribution in [1.29, 1.82) is 0 Å². The first-order valence-corrected chi connectivity index (χ1v) is 10.3. The lowest BCUT2D eigenvalue weighted by molar-refractivity contribution is 0.0957. The minimum atomic E-state index is -0.592. The summed E-state index contributed by atoms with van der Waals surface area (Å²) in [5.74, 6) is 4.56. The number of nitrogens with one attached hydrogen (secondary N) is 2. The second kappa shape index (κ2) is 8.93. The van der Waals surface area contributed by atoms with E-state index >= 15 is 0 Å². The van der Waals surface area contributed by atoms with E-state index in [9.17, 15) is 18.8 Å². The highest BCUT2D eigenvalue weighted by atomic mass is 35.5. The number of nitrogens with two attached hydrogens (primary N) is 1. The second-order valence-electron chi connectivity index (χ2n) is 7.47. The van der Waals surface area contributed by atoms with Crippen LogP contribution in [0.3, 0.4) is 0 Å². The van der Waals surface area contributed by atoms with Crippen LogP contribution in [0.1, 0.15) is 15.9 Å². The highest BCUT2D eigenvalue weighted by Crippen LogP contribution is 2.17. The first-order valence-electron chi connectivity index (χ1n) is 9.87. The molecule has 1 aliphatic rings. The maximum atomic E-state index is 13.5. The topological polar surface area (TPSA) is 114 Å². The zero-order valence-electron chi connectivity index (χ0n) is 17.5. The van der Waals surface area contributed by atoms with Gasteiger partial charge in [-0.05, 0) is 47.5 Å². The van der Waals surface area contributed by atoms with Crippen LogP contribution in [0.25, 0.3) is 10.9 Å². The van der Waals surface area contributed by atoms with Gasteiger partial charge in [0.15, 0.2) is 0 Å². The van der Waals surface area contributed by atoms with Gasteiger partial charge in [0, 0.05) is 31.6 Å². The zero-order valence-corrected chi connectivity index (χ0v) is 18.3. The molecule has 0 unspecified atom stereocenters. The Morgan fingerprint density at radius 1 is 1.21 bits per heavy atom. The summed E-state index contributed by atoms with van der Waals surface area (Å²) in [4.78, 5) is 38.6. The van der Waals surface area contributed by atoms with Crippen molar-refractivity contribution in [1.82, 2.24) is 25.0 Å². The molecule has 1 amide bonds. The SMILES string of the molecule is Cn1c(=O)n(Cc2ccc(F)c(Cl)c2)c(=O)c2cc(C(=O)NCC3=CNN(N)C=C3)ccc21. The van der Waals surface area contributed by atoms with Crippen LogP contribution in [-0.4, -0.2) is 26.7 Å². The van der Waals surface area contributed by atoms with Crippen molar-refractivity contribution in [3.8, 4) is 0 Å². The van der Waals surface area contributed by atoms with Crippen molar-refractivity contribution >= 4 is 28.4 Å². The Morgan fingerprint density at radius 2 is 2.00 bits per heavy atom. The van der Waals surface area contributed by atoms with Crippen LogP contribution in [0.4, 0.5) is 4.39 Å². The number of benzene rings is 2. The van der Waals surface area contributed by atoms with Gasteiger partial charge in [-0.25, -0.2) is 20.1 Å². The summed E-state index contributed by atoms with van der Waals surface area (Å²) in [5.41, 5.74) is 3.62. The van der Waals surface area contributed by atoms with Crippen LogP contribution in [0.5, 0.6) is 0 Å². The molecule has 0 saturated carbocycles. The number of amides is 1. The molecule has 0 fully saturated rings. The van der Waals surface area contributed by atoms with Crippen molar-refractivity contribution < 1.29 is 9.18 Å². The number of hydrazine groups is 2. The summed E-state index contributed by atoms with van der Waals surface area (Å²) < 4.78 is 15.8. The van der Waals surface area contributed by atoms with Gasteiger partial charge in [-0.1, -0.05) is 17.7 Å². The fourth-order valence-electron chi connectivity index (χ4n) is 3.44. The standard InChI is InChI=1S/C22H20ClFN6O3/c1-28-19-5-3-15(20(31)26-10-14-6-7-30(25)27-11-14)9-16(19)21(32)29(22(28)33)12-13-2-4-18(24)17(23)8-13/h2-9,11,27H,10,12,25H2,1H3,(H,26,31). The minimum absolute atomic E-state index is 0.0937. The maximum Gasteiger partial charge on any atom is 0.331 e. The molecule has 0 atom stereocenters. The zero-order chi connectivity index (χ0) is 23.7. The van der Waals surface area contributed by atoms with E-state index < -0.39 is 17.1 Å². The fraction of sp³-hybridized carbons (Fsp3) is 0.136. The lowest BCUT2D eigenvalue weighted by Gasteiger charge is -2.18. The van der Waals surface area contributed by atoms with Gasteiger partial charge >= 0.3 is 5.69 Å². The van der Waals surface area contributed by atoms with Crippen LogP contribution >= 0.6 is 11.6 Å². The number of aryl methyl sites for hydroxylation is 1. The van der Waals surface area contributed by atoms with Crippen LogP contribution < -0.4 is 27.8 Å². The highest BCUT2D eigenvalue weighted by Gasteiger charge is 2.15. The number of aromatic nitrogens is 2.